The second kappa shape index (κ2) is 7.72. The topological polar surface area (TPSA) is 49.3 Å². The summed E-state index contributed by atoms with van der Waals surface area (Å²) >= 11 is 0. The minimum Gasteiger partial charge on any atom is -0.395 e. The normalized spacial score (nSPS) is 10.6. The number of nitrogens with one attached hydrogen (secondary N) is 1. The molecule has 108 valence electrons. The lowest BCUT2D eigenvalue weighted by atomic mass is 9.89. The van der Waals surface area contributed by atoms with Crippen LogP contribution in [-0.2, 0) is 11.3 Å². The molecule has 1 amide bonds. The Balaban J connectivity index is 2.64. The predicted molar refractivity (Wildman–Crippen MR) is 80.9 cm³/mol. The Bertz CT molecular complexity index is 509. The second-order valence-corrected chi connectivity index (χ2v) is 5.40. The van der Waals surface area contributed by atoms with E-state index in [1.807, 2.05) is 45.0 Å². The van der Waals surface area contributed by atoms with Gasteiger partial charge in [-0.3, -0.25) is 4.79 Å². The van der Waals surface area contributed by atoms with Crippen molar-refractivity contribution in [1.29, 1.82) is 0 Å². The summed E-state index contributed by atoms with van der Waals surface area (Å²) in [6, 6.07) is 7.78. The SMILES string of the molecule is CCC(C)(C)C(=O)NCc1cccc(C#CCCO)c1. The van der Waals surface area contributed by atoms with Crippen molar-refractivity contribution in [3.63, 3.8) is 0 Å². The van der Waals surface area contributed by atoms with Gasteiger partial charge in [0.05, 0.1) is 6.61 Å². The maximum Gasteiger partial charge on any atom is 0.225 e. The zero-order chi connectivity index (χ0) is 15.0. The minimum absolute atomic E-state index is 0.0665. The number of aliphatic hydroxyl groups is 1. The average Bonchev–Trinajstić information content (AvgIpc) is 2.45. The Kier molecular flexibility index (Phi) is 6.27. The Morgan fingerprint density at radius 3 is 2.80 bits per heavy atom. The average molecular weight is 273 g/mol. The summed E-state index contributed by atoms with van der Waals surface area (Å²) in [6.07, 6.45) is 1.29. The maximum atomic E-state index is 12.0. The second-order valence-electron chi connectivity index (χ2n) is 5.40. The first kappa shape index (κ1) is 16.3. The molecule has 0 aliphatic rings. The number of amides is 1. The van der Waals surface area contributed by atoms with Gasteiger partial charge in [0.1, 0.15) is 0 Å². The van der Waals surface area contributed by atoms with Gasteiger partial charge in [-0.1, -0.05) is 44.7 Å². The molecule has 0 heterocycles. The third-order valence-electron chi connectivity index (χ3n) is 3.35. The van der Waals surface area contributed by atoms with Gasteiger partial charge in [-0.25, -0.2) is 0 Å². The zero-order valence-electron chi connectivity index (χ0n) is 12.5. The first-order valence-electron chi connectivity index (χ1n) is 6.96. The largest absolute Gasteiger partial charge is 0.395 e. The smallest absolute Gasteiger partial charge is 0.225 e. The summed E-state index contributed by atoms with van der Waals surface area (Å²) in [4.78, 5) is 12.0. The van der Waals surface area contributed by atoms with Crippen molar-refractivity contribution in [3.05, 3.63) is 35.4 Å². The van der Waals surface area contributed by atoms with E-state index in [1.165, 1.54) is 0 Å². The standard InChI is InChI=1S/C17H23NO2/c1-4-17(2,3)16(20)18-13-15-10-7-9-14(12-15)8-5-6-11-19/h7,9-10,12,19H,4,6,11,13H2,1-3H3,(H,18,20). The van der Waals surface area contributed by atoms with Crippen LogP contribution in [0.3, 0.4) is 0 Å². The maximum absolute atomic E-state index is 12.0. The van der Waals surface area contributed by atoms with Crippen molar-refractivity contribution in [3.8, 4) is 11.8 Å². The minimum atomic E-state index is -0.335. The number of rotatable bonds is 5. The van der Waals surface area contributed by atoms with E-state index in [-0.39, 0.29) is 17.9 Å². The molecular formula is C17H23NO2. The van der Waals surface area contributed by atoms with Crippen molar-refractivity contribution in [2.45, 2.75) is 40.2 Å². The van der Waals surface area contributed by atoms with Crippen LogP contribution in [0.5, 0.6) is 0 Å². The molecule has 20 heavy (non-hydrogen) atoms. The van der Waals surface area contributed by atoms with Crippen molar-refractivity contribution in [1.82, 2.24) is 5.32 Å². The van der Waals surface area contributed by atoms with Crippen molar-refractivity contribution < 1.29 is 9.90 Å². The van der Waals surface area contributed by atoms with Gasteiger partial charge in [0.15, 0.2) is 0 Å². The molecule has 1 rings (SSSR count). The summed E-state index contributed by atoms with van der Waals surface area (Å²) < 4.78 is 0. The lowest BCUT2D eigenvalue weighted by Crippen LogP contribution is -2.35. The molecule has 0 unspecified atom stereocenters. The third kappa shape index (κ3) is 5.07. The van der Waals surface area contributed by atoms with Crippen molar-refractivity contribution in [2.75, 3.05) is 6.61 Å². The van der Waals surface area contributed by atoms with Crippen LogP contribution in [0.1, 0.15) is 44.7 Å². The molecule has 0 bridgehead atoms. The third-order valence-corrected chi connectivity index (χ3v) is 3.35. The number of aliphatic hydroxyl groups excluding tert-OH is 1. The van der Waals surface area contributed by atoms with Crippen LogP contribution in [0.15, 0.2) is 24.3 Å². The Hall–Kier alpha value is -1.79. The highest BCUT2D eigenvalue weighted by molar-refractivity contribution is 5.81. The Morgan fingerprint density at radius 1 is 1.40 bits per heavy atom. The summed E-state index contributed by atoms with van der Waals surface area (Å²) in [5.74, 6) is 5.95. The van der Waals surface area contributed by atoms with Crippen molar-refractivity contribution in [2.24, 2.45) is 5.41 Å². The molecule has 0 fully saturated rings. The van der Waals surface area contributed by atoms with Gasteiger partial charge in [-0.05, 0) is 24.1 Å². The molecule has 0 saturated heterocycles. The van der Waals surface area contributed by atoms with Gasteiger partial charge in [0.25, 0.3) is 0 Å². The Labute approximate surface area is 121 Å². The van der Waals surface area contributed by atoms with Crippen LogP contribution in [-0.4, -0.2) is 17.6 Å². The molecule has 1 aromatic rings. The summed E-state index contributed by atoms with van der Waals surface area (Å²) in [7, 11) is 0. The van der Waals surface area contributed by atoms with E-state index in [9.17, 15) is 4.79 Å². The van der Waals surface area contributed by atoms with Crippen LogP contribution >= 0.6 is 0 Å². The van der Waals surface area contributed by atoms with E-state index in [0.717, 1.165) is 17.5 Å². The van der Waals surface area contributed by atoms with Crippen LogP contribution in [0.4, 0.5) is 0 Å². The molecule has 3 nitrogen and oxygen atoms in total. The van der Waals surface area contributed by atoms with Crippen LogP contribution in [0.2, 0.25) is 0 Å². The molecule has 0 spiro atoms. The monoisotopic (exact) mass is 273 g/mol. The molecule has 3 heteroatoms. The fourth-order valence-corrected chi connectivity index (χ4v) is 1.56. The quantitative estimate of drug-likeness (QED) is 0.810. The van der Waals surface area contributed by atoms with E-state index in [0.29, 0.717) is 13.0 Å². The molecular weight excluding hydrogens is 250 g/mol. The van der Waals surface area contributed by atoms with Gasteiger partial charge < -0.3 is 10.4 Å². The first-order valence-corrected chi connectivity index (χ1v) is 6.96. The molecule has 0 aromatic heterocycles. The van der Waals surface area contributed by atoms with E-state index in [4.69, 9.17) is 5.11 Å². The first-order chi connectivity index (χ1) is 9.49. The number of hydrogen-bond donors (Lipinski definition) is 2. The summed E-state index contributed by atoms with van der Waals surface area (Å²) in [5.41, 5.74) is 1.60. The highest BCUT2D eigenvalue weighted by Crippen LogP contribution is 2.19. The van der Waals surface area contributed by atoms with Gasteiger partial charge in [0.2, 0.25) is 5.91 Å². The zero-order valence-corrected chi connectivity index (χ0v) is 12.5. The van der Waals surface area contributed by atoms with E-state index >= 15 is 0 Å². The van der Waals surface area contributed by atoms with Crippen LogP contribution in [0.25, 0.3) is 0 Å². The predicted octanol–water partition coefficient (Wildman–Crippen LogP) is 2.47. The molecule has 0 atom stereocenters. The molecule has 2 N–H and O–H groups in total. The Morgan fingerprint density at radius 2 is 2.15 bits per heavy atom. The summed E-state index contributed by atoms with van der Waals surface area (Å²) in [6.45, 7) is 6.49. The van der Waals surface area contributed by atoms with Crippen molar-refractivity contribution >= 4 is 5.91 Å². The van der Waals surface area contributed by atoms with E-state index < -0.39 is 0 Å². The number of hydrogen-bond acceptors (Lipinski definition) is 2. The molecule has 0 aliphatic heterocycles. The van der Waals surface area contributed by atoms with E-state index in [1.54, 1.807) is 0 Å². The summed E-state index contributed by atoms with van der Waals surface area (Å²) in [5, 5.41) is 11.7. The van der Waals surface area contributed by atoms with Crippen LogP contribution in [0, 0.1) is 17.3 Å². The van der Waals surface area contributed by atoms with Crippen LogP contribution < -0.4 is 5.32 Å². The molecule has 0 aliphatic carbocycles. The molecule has 0 saturated carbocycles. The molecule has 0 radical (unpaired) electrons. The lowest BCUT2D eigenvalue weighted by molar-refractivity contribution is -0.129. The lowest BCUT2D eigenvalue weighted by Gasteiger charge is -2.21. The van der Waals surface area contributed by atoms with Gasteiger partial charge >= 0.3 is 0 Å². The highest BCUT2D eigenvalue weighted by atomic mass is 16.2. The number of carbonyl (C=O) groups is 1. The number of carbonyl (C=O) groups excluding carboxylic acids is 1. The number of benzene rings is 1. The molecule has 1 aromatic carbocycles. The van der Waals surface area contributed by atoms with Gasteiger partial charge in [-0.15, -0.1) is 0 Å². The highest BCUT2D eigenvalue weighted by Gasteiger charge is 2.24. The van der Waals surface area contributed by atoms with E-state index in [2.05, 4.69) is 17.2 Å². The fourth-order valence-electron chi connectivity index (χ4n) is 1.56. The van der Waals surface area contributed by atoms with Gasteiger partial charge in [-0.2, -0.15) is 0 Å². The fraction of sp³-hybridized carbons (Fsp3) is 0.471. The van der Waals surface area contributed by atoms with Gasteiger partial charge in [0, 0.05) is 23.9 Å².